The molecular formula is C28H34N2O4. The maximum Gasteiger partial charge on any atom is 0.224 e. The smallest absolute Gasteiger partial charge is 0.224 e. The highest BCUT2D eigenvalue weighted by Crippen LogP contribution is 2.22. The average molecular weight is 463 g/mol. The van der Waals surface area contributed by atoms with Gasteiger partial charge in [-0.05, 0) is 60.2 Å². The SMILES string of the molecule is O=C(Cc1cccc(CCNC[C@H](O)c2ccc(O)c(CO)c2)c1)NCCCc1ccccc1. The van der Waals surface area contributed by atoms with Crippen molar-refractivity contribution in [2.24, 2.45) is 0 Å². The van der Waals surface area contributed by atoms with Crippen molar-refractivity contribution in [2.75, 3.05) is 19.6 Å². The van der Waals surface area contributed by atoms with Gasteiger partial charge in [-0.1, -0.05) is 60.7 Å². The van der Waals surface area contributed by atoms with Crippen LogP contribution in [0.1, 0.15) is 40.3 Å². The number of hydrogen-bond acceptors (Lipinski definition) is 5. The molecule has 0 saturated heterocycles. The van der Waals surface area contributed by atoms with Gasteiger partial charge in [0.25, 0.3) is 0 Å². The molecule has 1 amide bonds. The van der Waals surface area contributed by atoms with Gasteiger partial charge >= 0.3 is 0 Å². The number of benzene rings is 3. The Bertz CT molecular complexity index is 1040. The number of aliphatic hydroxyl groups excluding tert-OH is 2. The van der Waals surface area contributed by atoms with Crippen molar-refractivity contribution in [3.8, 4) is 5.75 Å². The van der Waals surface area contributed by atoms with E-state index < -0.39 is 6.10 Å². The molecule has 0 fully saturated rings. The Hall–Kier alpha value is -3.19. The molecule has 3 rings (SSSR count). The minimum atomic E-state index is -0.733. The molecule has 3 aromatic rings. The summed E-state index contributed by atoms with van der Waals surface area (Å²) in [6.45, 7) is 1.43. The largest absolute Gasteiger partial charge is 0.508 e. The minimum absolute atomic E-state index is 0.0205. The highest BCUT2D eigenvalue weighted by molar-refractivity contribution is 5.78. The van der Waals surface area contributed by atoms with Gasteiger partial charge in [-0.25, -0.2) is 0 Å². The second kappa shape index (κ2) is 13.5. The van der Waals surface area contributed by atoms with E-state index in [-0.39, 0.29) is 18.3 Å². The summed E-state index contributed by atoms with van der Waals surface area (Å²) in [5.41, 5.74) is 4.44. The van der Waals surface area contributed by atoms with E-state index in [1.54, 1.807) is 12.1 Å². The Kier molecular flexibility index (Phi) is 10.1. The van der Waals surface area contributed by atoms with Crippen molar-refractivity contribution in [1.82, 2.24) is 10.6 Å². The van der Waals surface area contributed by atoms with Crippen LogP contribution < -0.4 is 10.6 Å². The molecule has 180 valence electrons. The summed E-state index contributed by atoms with van der Waals surface area (Å²) in [5, 5.41) is 35.5. The third kappa shape index (κ3) is 8.30. The lowest BCUT2D eigenvalue weighted by atomic mass is 10.0. The maximum absolute atomic E-state index is 12.3. The molecule has 6 heteroatoms. The first kappa shape index (κ1) is 25.4. The maximum atomic E-state index is 12.3. The van der Waals surface area contributed by atoms with Crippen LogP contribution in [0.2, 0.25) is 0 Å². The molecule has 1 atom stereocenters. The lowest BCUT2D eigenvalue weighted by Crippen LogP contribution is -2.26. The molecular weight excluding hydrogens is 428 g/mol. The number of phenols is 1. The van der Waals surface area contributed by atoms with Crippen molar-refractivity contribution in [2.45, 2.75) is 38.4 Å². The van der Waals surface area contributed by atoms with Gasteiger partial charge in [0.1, 0.15) is 5.75 Å². The summed E-state index contributed by atoms with van der Waals surface area (Å²) in [5.74, 6) is 0.0507. The topological polar surface area (TPSA) is 102 Å². The number of hydrogen-bond donors (Lipinski definition) is 5. The molecule has 0 unspecified atom stereocenters. The van der Waals surface area contributed by atoms with Crippen LogP contribution in [0.4, 0.5) is 0 Å². The zero-order valence-electron chi connectivity index (χ0n) is 19.4. The molecule has 34 heavy (non-hydrogen) atoms. The molecule has 0 saturated carbocycles. The van der Waals surface area contributed by atoms with Crippen molar-refractivity contribution < 1.29 is 20.1 Å². The standard InChI is InChI=1S/C28H34N2O4/c31-20-25-18-24(11-12-26(25)32)27(33)19-29-15-13-22-8-4-9-23(16-22)17-28(34)30-14-5-10-21-6-2-1-3-7-21/h1-4,6-9,11-12,16,18,27,29,31-33H,5,10,13-15,17,19-20H2,(H,30,34)/t27-/m0/s1. The molecule has 0 radical (unpaired) electrons. The van der Waals surface area contributed by atoms with E-state index >= 15 is 0 Å². The Labute approximate surface area is 201 Å². The molecule has 0 aliphatic heterocycles. The first-order valence-corrected chi connectivity index (χ1v) is 11.7. The number of amides is 1. The second-order valence-corrected chi connectivity index (χ2v) is 8.45. The fourth-order valence-electron chi connectivity index (χ4n) is 3.84. The van der Waals surface area contributed by atoms with Crippen LogP contribution in [0.15, 0.2) is 72.8 Å². The number of aliphatic hydroxyl groups is 2. The van der Waals surface area contributed by atoms with E-state index in [4.69, 9.17) is 0 Å². The van der Waals surface area contributed by atoms with E-state index in [0.717, 1.165) is 30.4 Å². The summed E-state index contributed by atoms with van der Waals surface area (Å²) < 4.78 is 0. The lowest BCUT2D eigenvalue weighted by Gasteiger charge is -2.14. The van der Waals surface area contributed by atoms with Gasteiger partial charge in [0.15, 0.2) is 0 Å². The Morgan fingerprint density at radius 3 is 2.41 bits per heavy atom. The van der Waals surface area contributed by atoms with Crippen LogP contribution in [-0.2, 0) is 30.7 Å². The van der Waals surface area contributed by atoms with Crippen molar-refractivity contribution in [1.29, 1.82) is 0 Å². The monoisotopic (exact) mass is 462 g/mol. The quantitative estimate of drug-likeness (QED) is 0.251. The van der Waals surface area contributed by atoms with E-state index in [2.05, 4.69) is 28.8 Å². The molecule has 0 aliphatic carbocycles. The molecule has 0 aliphatic rings. The summed E-state index contributed by atoms with van der Waals surface area (Å²) in [4.78, 5) is 12.3. The van der Waals surface area contributed by atoms with Gasteiger partial charge in [0.2, 0.25) is 5.91 Å². The number of aryl methyl sites for hydroxylation is 1. The summed E-state index contributed by atoms with van der Waals surface area (Å²) >= 11 is 0. The highest BCUT2D eigenvalue weighted by Gasteiger charge is 2.10. The first-order valence-electron chi connectivity index (χ1n) is 11.7. The van der Waals surface area contributed by atoms with Gasteiger partial charge in [-0.2, -0.15) is 0 Å². The zero-order valence-corrected chi connectivity index (χ0v) is 19.4. The number of nitrogens with one attached hydrogen (secondary N) is 2. The van der Waals surface area contributed by atoms with E-state index in [1.165, 1.54) is 11.6 Å². The Balaban J connectivity index is 1.36. The van der Waals surface area contributed by atoms with Gasteiger partial charge in [0.05, 0.1) is 19.1 Å². The van der Waals surface area contributed by atoms with Crippen LogP contribution in [0.5, 0.6) is 5.75 Å². The summed E-state index contributed by atoms with van der Waals surface area (Å²) in [7, 11) is 0. The summed E-state index contributed by atoms with van der Waals surface area (Å²) in [6.07, 6.45) is 2.27. The third-order valence-electron chi connectivity index (χ3n) is 5.75. The molecule has 0 aromatic heterocycles. The van der Waals surface area contributed by atoms with E-state index in [9.17, 15) is 20.1 Å². The fraction of sp³-hybridized carbons (Fsp3) is 0.321. The van der Waals surface area contributed by atoms with E-state index in [0.29, 0.717) is 37.2 Å². The average Bonchev–Trinajstić information content (AvgIpc) is 2.85. The first-order chi connectivity index (χ1) is 16.5. The number of aromatic hydroxyl groups is 1. The van der Waals surface area contributed by atoms with Crippen LogP contribution in [-0.4, -0.2) is 40.9 Å². The minimum Gasteiger partial charge on any atom is -0.508 e. The summed E-state index contributed by atoms with van der Waals surface area (Å²) in [6, 6.07) is 23.0. The van der Waals surface area contributed by atoms with Crippen LogP contribution in [0.3, 0.4) is 0 Å². The molecule has 6 nitrogen and oxygen atoms in total. The zero-order chi connectivity index (χ0) is 24.2. The molecule has 5 N–H and O–H groups in total. The van der Waals surface area contributed by atoms with Gasteiger partial charge in [0, 0.05) is 18.7 Å². The predicted molar refractivity (Wildman–Crippen MR) is 133 cm³/mol. The van der Waals surface area contributed by atoms with Crippen LogP contribution in [0, 0.1) is 0 Å². The van der Waals surface area contributed by atoms with Crippen LogP contribution >= 0.6 is 0 Å². The number of carbonyl (C=O) groups is 1. The molecule has 3 aromatic carbocycles. The van der Waals surface area contributed by atoms with Gasteiger partial charge in [-0.3, -0.25) is 4.79 Å². The highest BCUT2D eigenvalue weighted by atomic mass is 16.3. The Morgan fingerprint density at radius 1 is 0.853 bits per heavy atom. The van der Waals surface area contributed by atoms with Crippen LogP contribution in [0.25, 0.3) is 0 Å². The number of carbonyl (C=O) groups excluding carboxylic acids is 1. The van der Waals surface area contributed by atoms with Gasteiger partial charge < -0.3 is 26.0 Å². The third-order valence-corrected chi connectivity index (χ3v) is 5.75. The molecule has 0 heterocycles. The lowest BCUT2D eigenvalue weighted by molar-refractivity contribution is -0.120. The number of rotatable bonds is 13. The molecule has 0 spiro atoms. The van der Waals surface area contributed by atoms with Crippen molar-refractivity contribution >= 4 is 5.91 Å². The van der Waals surface area contributed by atoms with Crippen molar-refractivity contribution in [3.05, 3.63) is 101 Å². The van der Waals surface area contributed by atoms with Gasteiger partial charge in [-0.15, -0.1) is 0 Å². The Morgan fingerprint density at radius 2 is 1.62 bits per heavy atom. The predicted octanol–water partition coefficient (Wildman–Crippen LogP) is 3.04. The normalized spacial score (nSPS) is 11.8. The fourth-order valence-corrected chi connectivity index (χ4v) is 3.84. The van der Waals surface area contributed by atoms with Crippen molar-refractivity contribution in [3.63, 3.8) is 0 Å². The second-order valence-electron chi connectivity index (χ2n) is 8.45. The molecule has 0 bridgehead atoms. The van der Waals surface area contributed by atoms with E-state index in [1.807, 2.05) is 36.4 Å².